The Morgan fingerprint density at radius 3 is 2.79 bits per heavy atom. The van der Waals surface area contributed by atoms with Crippen molar-refractivity contribution in [2.75, 3.05) is 25.0 Å². The van der Waals surface area contributed by atoms with Crippen LogP contribution in [0.2, 0.25) is 5.02 Å². The Hall–Kier alpha value is -2.60. The number of likely N-dealkylation sites (tertiary alicyclic amines) is 1. The summed E-state index contributed by atoms with van der Waals surface area (Å²) in [6.07, 6.45) is 4.93. The van der Waals surface area contributed by atoms with Gasteiger partial charge in [-0.15, -0.1) is 0 Å². The molecule has 6 nitrogen and oxygen atoms in total. The maximum atomic E-state index is 12.6. The number of hydrogen-bond acceptors (Lipinski definition) is 4. The van der Waals surface area contributed by atoms with Crippen LogP contribution in [0.25, 0.3) is 11.0 Å². The molecular formula is C21H24ClN5O. The molecule has 0 bridgehead atoms. The third-order valence-corrected chi connectivity index (χ3v) is 5.49. The highest BCUT2D eigenvalue weighted by molar-refractivity contribution is 6.33. The number of anilines is 1. The molecule has 0 saturated carbocycles. The first-order valence-electron chi connectivity index (χ1n) is 9.74. The van der Waals surface area contributed by atoms with Crippen LogP contribution in [0.1, 0.15) is 35.4 Å². The van der Waals surface area contributed by atoms with Gasteiger partial charge in [0.1, 0.15) is 11.6 Å². The number of aromatic nitrogens is 3. The number of nitrogens with one attached hydrogen (secondary N) is 1. The zero-order valence-electron chi connectivity index (χ0n) is 16.0. The van der Waals surface area contributed by atoms with E-state index in [0.717, 1.165) is 49.3 Å². The Balaban J connectivity index is 1.41. The molecule has 146 valence electrons. The van der Waals surface area contributed by atoms with Crippen LogP contribution in [-0.4, -0.2) is 45.0 Å². The molecule has 0 aliphatic carbocycles. The van der Waals surface area contributed by atoms with Gasteiger partial charge < -0.3 is 14.8 Å². The zero-order chi connectivity index (χ0) is 19.5. The van der Waals surface area contributed by atoms with Crippen molar-refractivity contribution in [3.63, 3.8) is 0 Å². The molecule has 1 fully saturated rings. The summed E-state index contributed by atoms with van der Waals surface area (Å²) < 4.78 is 2.17. The van der Waals surface area contributed by atoms with Gasteiger partial charge in [-0.3, -0.25) is 4.79 Å². The minimum Gasteiger partial charge on any atom is -0.367 e. The Bertz CT molecular complexity index is 994. The van der Waals surface area contributed by atoms with Crippen molar-refractivity contribution in [2.24, 2.45) is 0 Å². The number of piperidine rings is 1. The predicted octanol–water partition coefficient (Wildman–Crippen LogP) is 4.13. The van der Waals surface area contributed by atoms with Gasteiger partial charge in [0.15, 0.2) is 0 Å². The van der Waals surface area contributed by atoms with E-state index in [0.29, 0.717) is 22.9 Å². The van der Waals surface area contributed by atoms with Gasteiger partial charge in [0.2, 0.25) is 0 Å². The summed E-state index contributed by atoms with van der Waals surface area (Å²) in [4.78, 5) is 23.4. The van der Waals surface area contributed by atoms with Crippen molar-refractivity contribution in [3.05, 3.63) is 52.9 Å². The molecule has 1 aromatic carbocycles. The second kappa shape index (κ2) is 8.19. The molecule has 1 N–H and O–H groups in total. The van der Waals surface area contributed by atoms with Crippen molar-refractivity contribution in [3.8, 4) is 0 Å². The van der Waals surface area contributed by atoms with E-state index in [-0.39, 0.29) is 5.91 Å². The average Bonchev–Trinajstić information content (AvgIpc) is 3.04. The fourth-order valence-electron chi connectivity index (χ4n) is 3.73. The van der Waals surface area contributed by atoms with Crippen LogP contribution < -0.4 is 5.32 Å². The van der Waals surface area contributed by atoms with E-state index >= 15 is 0 Å². The fourth-order valence-corrected chi connectivity index (χ4v) is 3.96. The summed E-state index contributed by atoms with van der Waals surface area (Å²) >= 11 is 6.38. The molecule has 0 spiro atoms. The quantitative estimate of drug-likeness (QED) is 0.703. The highest BCUT2D eigenvalue weighted by atomic mass is 35.5. The molecule has 3 aromatic rings. The number of rotatable bonds is 5. The highest BCUT2D eigenvalue weighted by Gasteiger charge is 2.19. The van der Waals surface area contributed by atoms with Gasteiger partial charge in [0, 0.05) is 32.4 Å². The van der Waals surface area contributed by atoms with E-state index in [2.05, 4.69) is 25.9 Å². The summed E-state index contributed by atoms with van der Waals surface area (Å²) in [5.41, 5.74) is 2.66. The van der Waals surface area contributed by atoms with E-state index in [1.165, 1.54) is 6.42 Å². The number of hydrogen-bond donors (Lipinski definition) is 1. The maximum absolute atomic E-state index is 12.6. The number of carbonyl (C=O) groups is 1. The molecule has 1 amide bonds. The molecule has 7 heteroatoms. The first-order valence-corrected chi connectivity index (χ1v) is 10.1. The third-order valence-electron chi connectivity index (χ3n) is 5.20. The first-order chi connectivity index (χ1) is 13.6. The minimum absolute atomic E-state index is 0.0150. The summed E-state index contributed by atoms with van der Waals surface area (Å²) in [6.45, 7) is 5.04. The Morgan fingerprint density at radius 2 is 2.00 bits per heavy atom. The molecule has 3 heterocycles. The average molecular weight is 398 g/mol. The van der Waals surface area contributed by atoms with E-state index in [1.54, 1.807) is 12.3 Å². The van der Waals surface area contributed by atoms with Crippen LogP contribution >= 0.6 is 11.6 Å². The number of fused-ring (bicyclic) bond motifs is 1. The molecule has 0 unspecified atom stereocenters. The summed E-state index contributed by atoms with van der Waals surface area (Å²) in [6, 6.07) is 9.81. The number of para-hydroxylation sites is 2. The molecule has 1 aliphatic heterocycles. The van der Waals surface area contributed by atoms with Crippen molar-refractivity contribution in [1.29, 1.82) is 0 Å². The van der Waals surface area contributed by atoms with E-state index in [1.807, 2.05) is 30.0 Å². The van der Waals surface area contributed by atoms with Crippen LogP contribution in [-0.2, 0) is 6.54 Å². The lowest BCUT2D eigenvalue weighted by Gasteiger charge is -2.26. The monoisotopic (exact) mass is 397 g/mol. The van der Waals surface area contributed by atoms with Gasteiger partial charge in [-0.2, -0.15) is 0 Å². The Morgan fingerprint density at radius 1 is 1.21 bits per heavy atom. The molecular weight excluding hydrogens is 374 g/mol. The van der Waals surface area contributed by atoms with Gasteiger partial charge in [-0.05, 0) is 44.4 Å². The smallest absolute Gasteiger partial charge is 0.255 e. The van der Waals surface area contributed by atoms with E-state index in [9.17, 15) is 4.79 Å². The van der Waals surface area contributed by atoms with Crippen LogP contribution in [0.5, 0.6) is 0 Å². The summed E-state index contributed by atoms with van der Waals surface area (Å²) in [7, 11) is 0. The van der Waals surface area contributed by atoms with Crippen LogP contribution in [0, 0.1) is 6.92 Å². The second-order valence-corrected chi connectivity index (χ2v) is 7.54. The first kappa shape index (κ1) is 18.7. The SMILES string of the molecule is Cc1nc2ccccc2n1CCNc1ncc(C(=O)N2CCCCC2)cc1Cl. The van der Waals surface area contributed by atoms with E-state index in [4.69, 9.17) is 11.6 Å². The van der Waals surface area contributed by atoms with Crippen molar-refractivity contribution in [1.82, 2.24) is 19.4 Å². The topological polar surface area (TPSA) is 63.1 Å². The maximum Gasteiger partial charge on any atom is 0.255 e. The third kappa shape index (κ3) is 3.83. The fraction of sp³-hybridized carbons (Fsp3) is 0.381. The predicted molar refractivity (Wildman–Crippen MR) is 112 cm³/mol. The number of imidazole rings is 1. The summed E-state index contributed by atoms with van der Waals surface area (Å²) in [5, 5.41) is 3.74. The minimum atomic E-state index is 0.0150. The van der Waals surface area contributed by atoms with Gasteiger partial charge in [0.05, 0.1) is 21.6 Å². The van der Waals surface area contributed by atoms with E-state index < -0.39 is 0 Å². The molecule has 28 heavy (non-hydrogen) atoms. The molecule has 0 radical (unpaired) electrons. The number of benzene rings is 1. The standard InChI is InChI=1S/C21H24ClN5O/c1-15-25-18-7-3-4-8-19(18)27(15)12-9-23-20-17(22)13-16(14-24-20)21(28)26-10-5-2-6-11-26/h3-4,7-8,13-14H,2,5-6,9-12H2,1H3,(H,23,24). The van der Waals surface area contributed by atoms with Gasteiger partial charge in [0.25, 0.3) is 5.91 Å². The second-order valence-electron chi connectivity index (χ2n) is 7.13. The molecule has 4 rings (SSSR count). The van der Waals surface area contributed by atoms with Crippen molar-refractivity contribution >= 4 is 34.4 Å². The number of aryl methyl sites for hydroxylation is 1. The van der Waals surface area contributed by atoms with Crippen LogP contribution in [0.15, 0.2) is 36.5 Å². The number of halogens is 1. The van der Waals surface area contributed by atoms with Crippen molar-refractivity contribution in [2.45, 2.75) is 32.7 Å². The Labute approximate surface area is 169 Å². The molecule has 2 aromatic heterocycles. The number of nitrogens with zero attached hydrogens (tertiary/aromatic N) is 4. The summed E-state index contributed by atoms with van der Waals surface area (Å²) in [5.74, 6) is 1.59. The molecule has 0 atom stereocenters. The van der Waals surface area contributed by atoms with Crippen LogP contribution in [0.4, 0.5) is 5.82 Å². The Kier molecular flexibility index (Phi) is 5.48. The van der Waals surface area contributed by atoms with Gasteiger partial charge in [-0.25, -0.2) is 9.97 Å². The number of pyridine rings is 1. The van der Waals surface area contributed by atoms with Crippen molar-refractivity contribution < 1.29 is 4.79 Å². The number of amides is 1. The lowest BCUT2D eigenvalue weighted by Crippen LogP contribution is -2.35. The zero-order valence-corrected chi connectivity index (χ0v) is 16.7. The van der Waals surface area contributed by atoms with Crippen LogP contribution in [0.3, 0.4) is 0 Å². The van der Waals surface area contributed by atoms with Gasteiger partial charge >= 0.3 is 0 Å². The molecule has 1 saturated heterocycles. The lowest BCUT2D eigenvalue weighted by molar-refractivity contribution is 0.0724. The highest BCUT2D eigenvalue weighted by Crippen LogP contribution is 2.22. The van der Waals surface area contributed by atoms with Gasteiger partial charge in [-0.1, -0.05) is 23.7 Å². The number of carbonyl (C=O) groups excluding carboxylic acids is 1. The normalized spacial score (nSPS) is 14.4. The molecule has 1 aliphatic rings. The largest absolute Gasteiger partial charge is 0.367 e. The lowest BCUT2D eigenvalue weighted by atomic mass is 10.1.